The molecule has 9 aromatic carbocycles. The minimum atomic E-state index is 1.11. The summed E-state index contributed by atoms with van der Waals surface area (Å²) in [6.45, 7) is 0. The third-order valence-corrected chi connectivity index (χ3v) is 10.1. The van der Waals surface area contributed by atoms with E-state index in [1.165, 1.54) is 71.3 Å². The van der Waals surface area contributed by atoms with Crippen molar-refractivity contribution in [1.29, 1.82) is 0 Å². The number of fused-ring (bicyclic) bond motifs is 1. The van der Waals surface area contributed by atoms with Crippen molar-refractivity contribution < 1.29 is 0 Å². The summed E-state index contributed by atoms with van der Waals surface area (Å²) in [5.74, 6) is 0. The summed E-state index contributed by atoms with van der Waals surface area (Å²) in [6.07, 6.45) is 0. The Morgan fingerprint density at radius 3 is 1.62 bits per heavy atom. The standard InChI is InChI=1S/C48H32N2/c1-2-11-33(12-3-1)35-25-28-40(29-26-35)49(42-30-27-34-13-4-5-14-38(34)31-42)41-18-8-17-39(32-41)43-19-6-7-20-44(43)50-45-21-9-15-36-23-24-37-16-10-22-46(50)48(37)47(36)45/h1-32H. The van der Waals surface area contributed by atoms with Gasteiger partial charge >= 0.3 is 0 Å². The fourth-order valence-electron chi connectivity index (χ4n) is 7.80. The second-order valence-electron chi connectivity index (χ2n) is 13.0. The molecule has 0 N–H and O–H groups in total. The van der Waals surface area contributed by atoms with Crippen molar-refractivity contribution in [2.45, 2.75) is 0 Å². The predicted octanol–water partition coefficient (Wildman–Crippen LogP) is 13.3. The molecular formula is C48H32N2. The molecule has 2 nitrogen and oxygen atoms in total. The molecule has 0 spiro atoms. The van der Waals surface area contributed by atoms with Gasteiger partial charge in [-0.15, -0.1) is 0 Å². The first-order valence-corrected chi connectivity index (χ1v) is 17.2. The van der Waals surface area contributed by atoms with Crippen molar-refractivity contribution >= 4 is 60.4 Å². The number of anilines is 3. The van der Waals surface area contributed by atoms with Gasteiger partial charge in [0, 0.05) is 33.4 Å². The first-order chi connectivity index (χ1) is 24.8. The van der Waals surface area contributed by atoms with E-state index in [1.807, 2.05) is 0 Å². The maximum absolute atomic E-state index is 2.45. The van der Waals surface area contributed by atoms with E-state index in [0.717, 1.165) is 17.1 Å². The smallest absolute Gasteiger partial charge is 0.0547 e. The molecule has 1 heterocycles. The Kier molecular flexibility index (Phi) is 6.53. The Bertz CT molecular complexity index is 2740. The Morgan fingerprint density at radius 1 is 0.320 bits per heavy atom. The van der Waals surface area contributed by atoms with Gasteiger partial charge < -0.3 is 9.47 Å². The van der Waals surface area contributed by atoms with Gasteiger partial charge in [-0.1, -0.05) is 140 Å². The third kappa shape index (κ3) is 4.57. The van der Waals surface area contributed by atoms with Gasteiger partial charge in [-0.2, -0.15) is 0 Å². The zero-order valence-electron chi connectivity index (χ0n) is 27.4. The van der Waals surface area contributed by atoms with Crippen LogP contribution < -0.4 is 4.90 Å². The first kappa shape index (κ1) is 28.4. The predicted molar refractivity (Wildman–Crippen MR) is 213 cm³/mol. The van der Waals surface area contributed by atoms with Crippen molar-refractivity contribution in [1.82, 2.24) is 4.57 Å². The van der Waals surface area contributed by atoms with Gasteiger partial charge in [-0.05, 0) is 92.8 Å². The zero-order chi connectivity index (χ0) is 33.0. The average molecular weight is 637 g/mol. The molecule has 10 aromatic rings. The van der Waals surface area contributed by atoms with Crippen LogP contribution in [0.15, 0.2) is 194 Å². The largest absolute Gasteiger partial charge is 0.310 e. The lowest BCUT2D eigenvalue weighted by Crippen LogP contribution is -2.10. The highest BCUT2D eigenvalue weighted by atomic mass is 15.1. The van der Waals surface area contributed by atoms with Crippen molar-refractivity contribution in [2.75, 3.05) is 4.90 Å². The summed E-state index contributed by atoms with van der Waals surface area (Å²) in [5.41, 5.74) is 11.7. The van der Waals surface area contributed by atoms with Crippen LogP contribution >= 0.6 is 0 Å². The quantitative estimate of drug-likeness (QED) is 0.165. The van der Waals surface area contributed by atoms with Crippen molar-refractivity contribution in [3.8, 4) is 27.9 Å². The van der Waals surface area contributed by atoms with Crippen molar-refractivity contribution in [3.63, 3.8) is 0 Å². The van der Waals surface area contributed by atoms with Crippen LogP contribution in [0.3, 0.4) is 0 Å². The maximum Gasteiger partial charge on any atom is 0.0547 e. The molecule has 2 heteroatoms. The molecule has 10 rings (SSSR count). The van der Waals surface area contributed by atoms with Gasteiger partial charge in [-0.25, -0.2) is 0 Å². The number of benzene rings is 9. The molecule has 234 valence electrons. The maximum atomic E-state index is 2.45. The zero-order valence-corrected chi connectivity index (χ0v) is 27.4. The average Bonchev–Trinajstić information content (AvgIpc) is 3.53. The van der Waals surface area contributed by atoms with Crippen LogP contribution in [-0.2, 0) is 0 Å². The second kappa shape index (κ2) is 11.5. The molecule has 1 aromatic heterocycles. The van der Waals surface area contributed by atoms with E-state index in [2.05, 4.69) is 204 Å². The molecule has 0 aliphatic carbocycles. The van der Waals surface area contributed by atoms with E-state index in [0.29, 0.717) is 0 Å². The number of hydrogen-bond acceptors (Lipinski definition) is 1. The van der Waals surface area contributed by atoms with Gasteiger partial charge in [0.05, 0.1) is 16.7 Å². The molecule has 0 saturated heterocycles. The lowest BCUT2D eigenvalue weighted by Gasteiger charge is -2.27. The minimum absolute atomic E-state index is 1.11. The number of hydrogen-bond donors (Lipinski definition) is 0. The topological polar surface area (TPSA) is 8.17 Å². The highest BCUT2D eigenvalue weighted by Crippen LogP contribution is 2.43. The number of nitrogens with zero attached hydrogens (tertiary/aromatic N) is 2. The van der Waals surface area contributed by atoms with Gasteiger partial charge in [0.2, 0.25) is 0 Å². The Labute approximate surface area is 291 Å². The normalized spacial score (nSPS) is 11.6. The minimum Gasteiger partial charge on any atom is -0.310 e. The van der Waals surface area contributed by atoms with Crippen molar-refractivity contribution in [2.24, 2.45) is 0 Å². The van der Waals surface area contributed by atoms with E-state index in [1.54, 1.807) is 0 Å². The lowest BCUT2D eigenvalue weighted by atomic mass is 10.0. The summed E-state index contributed by atoms with van der Waals surface area (Å²) in [5, 5.41) is 7.64. The Morgan fingerprint density at radius 2 is 0.860 bits per heavy atom. The van der Waals surface area contributed by atoms with E-state index in [-0.39, 0.29) is 0 Å². The van der Waals surface area contributed by atoms with Crippen molar-refractivity contribution in [3.05, 3.63) is 194 Å². The summed E-state index contributed by atoms with van der Waals surface area (Å²) in [7, 11) is 0. The Balaban J connectivity index is 1.15. The molecule has 0 saturated carbocycles. The van der Waals surface area contributed by atoms with Gasteiger partial charge in [-0.3, -0.25) is 0 Å². The Hall–Kier alpha value is -6.64. The van der Waals surface area contributed by atoms with Crippen LogP contribution in [0.4, 0.5) is 17.1 Å². The second-order valence-corrected chi connectivity index (χ2v) is 13.0. The summed E-state index contributed by atoms with van der Waals surface area (Å²) in [6, 6.07) is 70.5. The van der Waals surface area contributed by atoms with Gasteiger partial charge in [0.15, 0.2) is 0 Å². The summed E-state index contributed by atoms with van der Waals surface area (Å²) in [4.78, 5) is 2.38. The molecule has 0 fully saturated rings. The number of aromatic nitrogens is 1. The number of rotatable bonds is 6. The molecule has 0 atom stereocenters. The number of para-hydroxylation sites is 1. The van der Waals surface area contributed by atoms with Crippen LogP contribution in [-0.4, -0.2) is 4.57 Å². The summed E-state index contributed by atoms with van der Waals surface area (Å²) >= 11 is 0. The van der Waals surface area contributed by atoms with E-state index in [4.69, 9.17) is 0 Å². The summed E-state index contributed by atoms with van der Waals surface area (Å²) < 4.78 is 2.45. The molecular weight excluding hydrogens is 605 g/mol. The fraction of sp³-hybridized carbons (Fsp3) is 0. The van der Waals surface area contributed by atoms with E-state index < -0.39 is 0 Å². The molecule has 50 heavy (non-hydrogen) atoms. The molecule has 0 unspecified atom stereocenters. The highest BCUT2D eigenvalue weighted by molar-refractivity contribution is 6.24. The van der Waals surface area contributed by atoms with Gasteiger partial charge in [0.1, 0.15) is 0 Å². The monoisotopic (exact) mass is 636 g/mol. The third-order valence-electron chi connectivity index (χ3n) is 10.1. The van der Waals surface area contributed by atoms with Crippen LogP contribution in [0, 0.1) is 0 Å². The fourth-order valence-corrected chi connectivity index (χ4v) is 7.80. The molecule has 0 aliphatic rings. The SMILES string of the molecule is c1ccc(-c2ccc(N(c3cccc(-c4ccccc4-n4c5cccc6ccc7cccc4c7c65)c3)c3ccc4ccccc4c3)cc2)cc1. The lowest BCUT2D eigenvalue weighted by molar-refractivity contribution is 1.18. The van der Waals surface area contributed by atoms with Crippen LogP contribution in [0.5, 0.6) is 0 Å². The molecule has 0 radical (unpaired) electrons. The molecule has 0 amide bonds. The van der Waals surface area contributed by atoms with Gasteiger partial charge in [0.25, 0.3) is 0 Å². The first-order valence-electron chi connectivity index (χ1n) is 17.2. The van der Waals surface area contributed by atoms with Crippen LogP contribution in [0.2, 0.25) is 0 Å². The molecule has 0 bridgehead atoms. The van der Waals surface area contributed by atoms with E-state index >= 15 is 0 Å². The van der Waals surface area contributed by atoms with Crippen LogP contribution in [0.25, 0.3) is 71.3 Å². The molecule has 0 aliphatic heterocycles. The van der Waals surface area contributed by atoms with Crippen LogP contribution in [0.1, 0.15) is 0 Å². The highest BCUT2D eigenvalue weighted by Gasteiger charge is 2.20. The van der Waals surface area contributed by atoms with E-state index in [9.17, 15) is 0 Å².